The number of aryl methyl sites for hydroxylation is 1. The van der Waals surface area contributed by atoms with Crippen molar-refractivity contribution in [3.05, 3.63) is 65.4 Å². The molecule has 3 rings (SSSR count). The minimum Gasteiger partial charge on any atom is -0.439 e. The summed E-state index contributed by atoms with van der Waals surface area (Å²) in [7, 11) is 0. The van der Waals surface area contributed by atoms with Gasteiger partial charge in [-0.15, -0.1) is 0 Å². The van der Waals surface area contributed by atoms with Crippen molar-refractivity contribution in [3.63, 3.8) is 0 Å². The SMILES string of the molecule is Cc1cc(Oc2ccc(Cl)cc2)nc(-c2ccccn2)n1. The molecule has 0 amide bonds. The van der Waals surface area contributed by atoms with Gasteiger partial charge in [0.15, 0.2) is 5.82 Å². The molecular weight excluding hydrogens is 286 g/mol. The molecule has 1 aromatic carbocycles. The number of hydrogen-bond donors (Lipinski definition) is 0. The largest absolute Gasteiger partial charge is 0.439 e. The van der Waals surface area contributed by atoms with Crippen molar-refractivity contribution < 1.29 is 4.74 Å². The first kappa shape index (κ1) is 13.5. The number of rotatable bonds is 3. The molecule has 0 aliphatic carbocycles. The van der Waals surface area contributed by atoms with Gasteiger partial charge in [-0.05, 0) is 43.3 Å². The third-order valence-electron chi connectivity index (χ3n) is 2.76. The highest BCUT2D eigenvalue weighted by Crippen LogP contribution is 2.23. The van der Waals surface area contributed by atoms with E-state index in [1.165, 1.54) is 0 Å². The third kappa shape index (κ3) is 3.35. The number of ether oxygens (including phenoxy) is 1. The lowest BCUT2D eigenvalue weighted by molar-refractivity contribution is 0.461. The Hall–Kier alpha value is -2.46. The zero-order valence-corrected chi connectivity index (χ0v) is 12.1. The van der Waals surface area contributed by atoms with Crippen molar-refractivity contribution in [2.24, 2.45) is 0 Å². The molecule has 0 aliphatic rings. The molecule has 5 heteroatoms. The zero-order valence-electron chi connectivity index (χ0n) is 11.3. The lowest BCUT2D eigenvalue weighted by Crippen LogP contribution is -1.97. The Labute approximate surface area is 127 Å². The van der Waals surface area contributed by atoms with Crippen molar-refractivity contribution in [1.82, 2.24) is 15.0 Å². The molecule has 0 unspecified atom stereocenters. The topological polar surface area (TPSA) is 47.9 Å². The molecule has 0 saturated heterocycles. The minimum atomic E-state index is 0.477. The van der Waals surface area contributed by atoms with Crippen LogP contribution in [0.4, 0.5) is 0 Å². The summed E-state index contributed by atoms with van der Waals surface area (Å²) in [6.45, 7) is 1.89. The summed E-state index contributed by atoms with van der Waals surface area (Å²) >= 11 is 5.86. The van der Waals surface area contributed by atoms with E-state index in [4.69, 9.17) is 16.3 Å². The predicted molar refractivity (Wildman–Crippen MR) is 81.5 cm³/mol. The summed E-state index contributed by atoms with van der Waals surface area (Å²) in [6, 6.07) is 14.5. The maximum Gasteiger partial charge on any atom is 0.223 e. The van der Waals surface area contributed by atoms with E-state index in [1.54, 1.807) is 36.5 Å². The van der Waals surface area contributed by atoms with Crippen LogP contribution in [0.25, 0.3) is 11.5 Å². The maximum absolute atomic E-state index is 5.86. The molecule has 0 radical (unpaired) electrons. The molecule has 4 nitrogen and oxygen atoms in total. The van der Waals surface area contributed by atoms with E-state index in [0.717, 1.165) is 5.69 Å². The normalized spacial score (nSPS) is 10.4. The highest BCUT2D eigenvalue weighted by atomic mass is 35.5. The predicted octanol–water partition coefficient (Wildman–Crippen LogP) is 4.29. The fourth-order valence-corrected chi connectivity index (χ4v) is 1.95. The van der Waals surface area contributed by atoms with Crippen molar-refractivity contribution in [2.75, 3.05) is 0 Å². The van der Waals surface area contributed by atoms with Crippen molar-refractivity contribution >= 4 is 11.6 Å². The number of hydrogen-bond acceptors (Lipinski definition) is 4. The van der Waals surface area contributed by atoms with Crippen LogP contribution >= 0.6 is 11.6 Å². The van der Waals surface area contributed by atoms with Crippen molar-refractivity contribution in [1.29, 1.82) is 0 Å². The summed E-state index contributed by atoms with van der Waals surface area (Å²) in [4.78, 5) is 13.0. The van der Waals surface area contributed by atoms with Gasteiger partial charge < -0.3 is 4.74 Å². The van der Waals surface area contributed by atoms with Crippen LogP contribution < -0.4 is 4.74 Å². The fraction of sp³-hybridized carbons (Fsp3) is 0.0625. The quantitative estimate of drug-likeness (QED) is 0.723. The van der Waals surface area contributed by atoms with Gasteiger partial charge in [-0.2, -0.15) is 4.98 Å². The van der Waals surface area contributed by atoms with E-state index in [1.807, 2.05) is 25.1 Å². The van der Waals surface area contributed by atoms with Crippen molar-refractivity contribution in [3.8, 4) is 23.1 Å². The maximum atomic E-state index is 5.86. The Balaban J connectivity index is 1.93. The Kier molecular flexibility index (Phi) is 3.79. The van der Waals surface area contributed by atoms with Crippen LogP contribution in [0.1, 0.15) is 5.69 Å². The van der Waals surface area contributed by atoms with Crippen LogP contribution in [0, 0.1) is 6.92 Å². The van der Waals surface area contributed by atoms with Gasteiger partial charge in [-0.3, -0.25) is 4.98 Å². The molecule has 0 bridgehead atoms. The molecule has 2 heterocycles. The van der Waals surface area contributed by atoms with Crippen LogP contribution in [0.5, 0.6) is 11.6 Å². The van der Waals surface area contributed by atoms with Gasteiger partial charge in [0.25, 0.3) is 0 Å². The van der Waals surface area contributed by atoms with Crippen molar-refractivity contribution in [2.45, 2.75) is 6.92 Å². The van der Waals surface area contributed by atoms with E-state index in [0.29, 0.717) is 28.2 Å². The molecular formula is C16H12ClN3O. The zero-order chi connectivity index (χ0) is 14.7. The number of benzene rings is 1. The van der Waals surface area contributed by atoms with Crippen LogP contribution in [0.2, 0.25) is 5.02 Å². The van der Waals surface area contributed by atoms with E-state index < -0.39 is 0 Å². The molecule has 0 saturated carbocycles. The summed E-state index contributed by atoms with van der Waals surface area (Å²) in [5.74, 6) is 1.69. The molecule has 0 aliphatic heterocycles. The molecule has 21 heavy (non-hydrogen) atoms. The highest BCUT2D eigenvalue weighted by Gasteiger charge is 2.07. The van der Waals surface area contributed by atoms with Gasteiger partial charge in [-0.1, -0.05) is 17.7 Å². The fourth-order valence-electron chi connectivity index (χ4n) is 1.82. The molecule has 0 spiro atoms. The Morgan fingerprint density at radius 3 is 2.52 bits per heavy atom. The number of halogens is 1. The first-order valence-electron chi connectivity index (χ1n) is 6.41. The van der Waals surface area contributed by atoms with Crippen LogP contribution in [-0.2, 0) is 0 Å². The summed E-state index contributed by atoms with van der Waals surface area (Å²) in [6.07, 6.45) is 1.71. The van der Waals surface area contributed by atoms with Gasteiger partial charge in [0.1, 0.15) is 11.4 Å². The monoisotopic (exact) mass is 297 g/mol. The number of nitrogens with zero attached hydrogens (tertiary/aromatic N) is 3. The molecule has 0 N–H and O–H groups in total. The summed E-state index contributed by atoms with van der Waals surface area (Å²) in [5.41, 5.74) is 1.52. The van der Waals surface area contributed by atoms with Gasteiger partial charge in [0.2, 0.25) is 5.88 Å². The molecule has 0 fully saturated rings. The standard InChI is InChI=1S/C16H12ClN3O/c1-11-10-15(21-13-7-5-12(17)6-8-13)20-16(19-11)14-4-2-3-9-18-14/h2-10H,1H3. The second-order valence-corrected chi connectivity index (χ2v) is 4.88. The smallest absolute Gasteiger partial charge is 0.223 e. The number of pyridine rings is 1. The molecule has 104 valence electrons. The molecule has 0 atom stereocenters. The number of aromatic nitrogens is 3. The third-order valence-corrected chi connectivity index (χ3v) is 3.01. The second-order valence-electron chi connectivity index (χ2n) is 4.44. The second kappa shape index (κ2) is 5.89. The highest BCUT2D eigenvalue weighted by molar-refractivity contribution is 6.30. The van der Waals surface area contributed by atoms with Gasteiger partial charge in [0, 0.05) is 23.0 Å². The van der Waals surface area contributed by atoms with Gasteiger partial charge >= 0.3 is 0 Å². The lowest BCUT2D eigenvalue weighted by Gasteiger charge is -2.07. The molecule has 3 aromatic rings. The average Bonchev–Trinajstić information content (AvgIpc) is 2.50. The van der Waals surface area contributed by atoms with Crippen LogP contribution in [0.15, 0.2) is 54.7 Å². The Bertz CT molecular complexity index is 745. The van der Waals surface area contributed by atoms with Crippen LogP contribution in [0.3, 0.4) is 0 Å². The van der Waals surface area contributed by atoms with E-state index >= 15 is 0 Å². The Morgan fingerprint density at radius 1 is 1.00 bits per heavy atom. The first-order valence-corrected chi connectivity index (χ1v) is 6.79. The van der Waals surface area contributed by atoms with E-state index in [9.17, 15) is 0 Å². The van der Waals surface area contributed by atoms with E-state index in [2.05, 4.69) is 15.0 Å². The average molecular weight is 298 g/mol. The Morgan fingerprint density at radius 2 is 1.81 bits per heavy atom. The summed E-state index contributed by atoms with van der Waals surface area (Å²) < 4.78 is 5.74. The lowest BCUT2D eigenvalue weighted by atomic mass is 10.3. The molecule has 2 aromatic heterocycles. The summed E-state index contributed by atoms with van der Waals surface area (Å²) in [5, 5.41) is 0.662. The van der Waals surface area contributed by atoms with Gasteiger partial charge in [-0.25, -0.2) is 4.98 Å². The van der Waals surface area contributed by atoms with E-state index in [-0.39, 0.29) is 0 Å². The minimum absolute atomic E-state index is 0.477. The van der Waals surface area contributed by atoms with Gasteiger partial charge in [0.05, 0.1) is 0 Å². The van der Waals surface area contributed by atoms with Crippen LogP contribution in [-0.4, -0.2) is 15.0 Å². The first-order chi connectivity index (χ1) is 10.2.